The smallest absolute Gasteiger partial charge is 0.227 e. The molecular weight excluding hydrogens is 286 g/mol. The molecule has 1 aliphatic carbocycles. The van der Waals surface area contributed by atoms with Crippen molar-refractivity contribution in [3.05, 3.63) is 29.8 Å². The van der Waals surface area contributed by atoms with Crippen LogP contribution < -0.4 is 10.6 Å². The van der Waals surface area contributed by atoms with Gasteiger partial charge in [-0.05, 0) is 42.9 Å². The minimum atomic E-state index is 0.179. The van der Waals surface area contributed by atoms with Crippen LogP contribution in [0.15, 0.2) is 24.3 Å². The molecule has 2 fully saturated rings. The highest BCUT2D eigenvalue weighted by Gasteiger charge is 2.29. The van der Waals surface area contributed by atoms with E-state index in [9.17, 15) is 4.79 Å². The van der Waals surface area contributed by atoms with Crippen molar-refractivity contribution < 1.29 is 4.79 Å². The maximum absolute atomic E-state index is 11.9. The Morgan fingerprint density at radius 1 is 1.22 bits per heavy atom. The van der Waals surface area contributed by atoms with Crippen molar-refractivity contribution in [2.45, 2.75) is 39.2 Å². The molecule has 0 bridgehead atoms. The lowest BCUT2D eigenvalue weighted by atomic mass is 9.95. The molecule has 1 heterocycles. The third kappa shape index (κ3) is 4.55. The topological polar surface area (TPSA) is 44.4 Å². The number of piperazine rings is 1. The van der Waals surface area contributed by atoms with Gasteiger partial charge in [0, 0.05) is 43.8 Å². The predicted molar refractivity (Wildman–Crippen MR) is 94.4 cm³/mol. The number of amides is 1. The number of hydrogen-bond donors (Lipinski definition) is 2. The quantitative estimate of drug-likeness (QED) is 0.848. The minimum absolute atomic E-state index is 0.179. The molecule has 0 radical (unpaired) electrons. The number of carbonyl (C=O) groups excluding carboxylic acids is 1. The second-order valence-electron chi connectivity index (χ2n) is 7.32. The molecule has 3 rings (SSSR count). The summed E-state index contributed by atoms with van der Waals surface area (Å²) in [7, 11) is 0. The van der Waals surface area contributed by atoms with Gasteiger partial charge in [-0.1, -0.05) is 26.0 Å². The maximum atomic E-state index is 11.9. The normalized spacial score (nSPS) is 20.5. The zero-order chi connectivity index (χ0) is 16.2. The Hall–Kier alpha value is -1.39. The molecule has 1 aromatic rings. The molecule has 4 nitrogen and oxygen atoms in total. The lowest BCUT2D eigenvalue weighted by molar-refractivity contribution is -0.117. The standard InChI is InChI=1S/C19H29N3O/c1-14(2)13-18(22-11-9-20-10-12-22)15-5-7-17(8-6-15)21-19(23)16-3-4-16/h5-8,14,16,18,20H,3-4,9-13H2,1-2H3,(H,21,23). The Kier molecular flexibility index (Phi) is 5.34. The van der Waals surface area contributed by atoms with Gasteiger partial charge in [-0.2, -0.15) is 0 Å². The Labute approximate surface area is 139 Å². The van der Waals surface area contributed by atoms with Crippen LogP contribution in [0, 0.1) is 11.8 Å². The van der Waals surface area contributed by atoms with Gasteiger partial charge in [0.25, 0.3) is 0 Å². The fourth-order valence-corrected chi connectivity index (χ4v) is 3.31. The average molecular weight is 315 g/mol. The van der Waals surface area contributed by atoms with E-state index < -0.39 is 0 Å². The first-order valence-electron chi connectivity index (χ1n) is 8.99. The summed E-state index contributed by atoms with van der Waals surface area (Å²) < 4.78 is 0. The number of nitrogens with zero attached hydrogens (tertiary/aromatic N) is 1. The van der Waals surface area contributed by atoms with Gasteiger partial charge in [0.15, 0.2) is 0 Å². The fraction of sp³-hybridized carbons (Fsp3) is 0.632. The Balaban J connectivity index is 1.68. The molecule has 1 unspecified atom stereocenters. The molecule has 2 N–H and O–H groups in total. The van der Waals surface area contributed by atoms with E-state index >= 15 is 0 Å². The highest BCUT2D eigenvalue weighted by molar-refractivity contribution is 5.94. The zero-order valence-electron chi connectivity index (χ0n) is 14.3. The summed E-state index contributed by atoms with van der Waals surface area (Å²) in [6.07, 6.45) is 3.26. The molecule has 1 aliphatic heterocycles. The number of anilines is 1. The van der Waals surface area contributed by atoms with Gasteiger partial charge >= 0.3 is 0 Å². The van der Waals surface area contributed by atoms with Gasteiger partial charge in [0.1, 0.15) is 0 Å². The van der Waals surface area contributed by atoms with Crippen LogP contribution in [0.3, 0.4) is 0 Å². The lowest BCUT2D eigenvalue weighted by Crippen LogP contribution is -2.45. The van der Waals surface area contributed by atoms with E-state index in [1.54, 1.807) is 0 Å². The maximum Gasteiger partial charge on any atom is 0.227 e. The summed E-state index contributed by atoms with van der Waals surface area (Å²) >= 11 is 0. The first-order valence-corrected chi connectivity index (χ1v) is 8.99. The van der Waals surface area contributed by atoms with Crippen molar-refractivity contribution in [2.24, 2.45) is 11.8 Å². The molecule has 23 heavy (non-hydrogen) atoms. The fourth-order valence-electron chi connectivity index (χ4n) is 3.31. The monoisotopic (exact) mass is 315 g/mol. The summed E-state index contributed by atoms with van der Waals surface area (Å²) in [5.41, 5.74) is 2.29. The van der Waals surface area contributed by atoms with E-state index in [0.717, 1.165) is 44.7 Å². The first kappa shape index (κ1) is 16.5. The molecule has 126 valence electrons. The number of rotatable bonds is 6. The molecule has 4 heteroatoms. The molecule has 1 atom stereocenters. The first-order chi connectivity index (χ1) is 11.1. The van der Waals surface area contributed by atoms with Gasteiger partial charge in [-0.25, -0.2) is 0 Å². The van der Waals surface area contributed by atoms with Gasteiger partial charge in [-0.15, -0.1) is 0 Å². The Morgan fingerprint density at radius 2 is 1.87 bits per heavy atom. The third-order valence-electron chi connectivity index (χ3n) is 4.80. The molecule has 1 saturated carbocycles. The van der Waals surface area contributed by atoms with E-state index in [0.29, 0.717) is 12.0 Å². The summed E-state index contributed by atoms with van der Waals surface area (Å²) in [5, 5.41) is 6.46. The van der Waals surface area contributed by atoms with Gasteiger partial charge in [-0.3, -0.25) is 9.69 Å². The van der Waals surface area contributed by atoms with Crippen molar-refractivity contribution in [2.75, 3.05) is 31.5 Å². The number of carbonyl (C=O) groups is 1. The largest absolute Gasteiger partial charge is 0.326 e. The van der Waals surface area contributed by atoms with Crippen LogP contribution in [0.25, 0.3) is 0 Å². The molecular formula is C19H29N3O. The number of hydrogen-bond acceptors (Lipinski definition) is 3. The summed E-state index contributed by atoms with van der Waals surface area (Å²) in [6.45, 7) is 8.95. The van der Waals surface area contributed by atoms with Gasteiger partial charge < -0.3 is 10.6 Å². The molecule has 2 aliphatic rings. The summed E-state index contributed by atoms with van der Waals surface area (Å²) in [4.78, 5) is 14.5. The SMILES string of the molecule is CC(C)CC(c1ccc(NC(=O)C2CC2)cc1)N1CCNCC1. The van der Waals surface area contributed by atoms with Crippen molar-refractivity contribution in [1.29, 1.82) is 0 Å². The molecule has 0 aromatic heterocycles. The van der Waals surface area contributed by atoms with Crippen LogP contribution >= 0.6 is 0 Å². The van der Waals surface area contributed by atoms with Gasteiger partial charge in [0.05, 0.1) is 0 Å². The average Bonchev–Trinajstić information content (AvgIpc) is 3.39. The van der Waals surface area contributed by atoms with E-state index in [1.807, 2.05) is 0 Å². The summed E-state index contributed by atoms with van der Waals surface area (Å²) in [5.74, 6) is 1.10. The summed E-state index contributed by atoms with van der Waals surface area (Å²) in [6, 6.07) is 8.98. The number of benzene rings is 1. The van der Waals surface area contributed by atoms with E-state index in [-0.39, 0.29) is 11.8 Å². The highest BCUT2D eigenvalue weighted by atomic mass is 16.2. The molecule has 1 aromatic carbocycles. The number of nitrogens with one attached hydrogen (secondary N) is 2. The van der Waals surface area contributed by atoms with Crippen molar-refractivity contribution in [3.8, 4) is 0 Å². The van der Waals surface area contributed by atoms with E-state index in [4.69, 9.17) is 0 Å². The van der Waals surface area contributed by atoms with Crippen LogP contribution in [0.1, 0.15) is 44.7 Å². The van der Waals surface area contributed by atoms with Gasteiger partial charge in [0.2, 0.25) is 5.91 Å². The minimum Gasteiger partial charge on any atom is -0.326 e. The van der Waals surface area contributed by atoms with Crippen LogP contribution in [-0.4, -0.2) is 37.0 Å². The van der Waals surface area contributed by atoms with E-state index in [2.05, 4.69) is 53.6 Å². The lowest BCUT2D eigenvalue weighted by Gasteiger charge is -2.36. The van der Waals surface area contributed by atoms with Crippen molar-refractivity contribution in [3.63, 3.8) is 0 Å². The predicted octanol–water partition coefficient (Wildman–Crippen LogP) is 3.03. The van der Waals surface area contributed by atoms with Crippen molar-refractivity contribution in [1.82, 2.24) is 10.2 Å². The van der Waals surface area contributed by atoms with Crippen LogP contribution in [0.2, 0.25) is 0 Å². The van der Waals surface area contributed by atoms with E-state index in [1.165, 1.54) is 12.0 Å². The molecule has 1 amide bonds. The van der Waals surface area contributed by atoms with Crippen molar-refractivity contribution >= 4 is 11.6 Å². The molecule has 1 saturated heterocycles. The highest BCUT2D eigenvalue weighted by Crippen LogP contribution is 2.31. The molecule has 0 spiro atoms. The van der Waals surface area contributed by atoms with Crippen LogP contribution in [0.4, 0.5) is 5.69 Å². The van der Waals surface area contributed by atoms with Crippen LogP contribution in [-0.2, 0) is 4.79 Å². The second kappa shape index (κ2) is 7.45. The van der Waals surface area contributed by atoms with Crippen LogP contribution in [0.5, 0.6) is 0 Å². The Morgan fingerprint density at radius 3 is 2.43 bits per heavy atom. The Bertz CT molecular complexity index is 516. The zero-order valence-corrected chi connectivity index (χ0v) is 14.3. The third-order valence-corrected chi connectivity index (χ3v) is 4.80. The second-order valence-corrected chi connectivity index (χ2v) is 7.32.